The number of nitrogens with zero attached hydrogens (tertiary/aromatic N) is 1. The van der Waals surface area contributed by atoms with Gasteiger partial charge in [0, 0.05) is 89.0 Å². The van der Waals surface area contributed by atoms with Gasteiger partial charge in [0.25, 0.3) is 11.3 Å². The van der Waals surface area contributed by atoms with Gasteiger partial charge in [-0.05, 0) is 11.5 Å². The summed E-state index contributed by atoms with van der Waals surface area (Å²) in [5.74, 6) is -24.9. The average Bonchev–Trinajstić information content (AvgIpc) is 3.17. The van der Waals surface area contributed by atoms with Crippen molar-refractivity contribution in [3.05, 3.63) is 143 Å². The summed E-state index contributed by atoms with van der Waals surface area (Å²) < 4.78 is 172. The van der Waals surface area contributed by atoms with Crippen LogP contribution in [0.4, 0.5) is 52.7 Å². The van der Waals surface area contributed by atoms with E-state index in [0.29, 0.717) is 0 Å². The fourth-order valence-corrected chi connectivity index (χ4v) is 8.62. The fraction of sp³-hybridized carbons (Fsp3) is 0.179. The minimum Gasteiger partial charge on any atom is -0.506 e. The van der Waals surface area contributed by atoms with Gasteiger partial charge in [-0.2, -0.15) is 52.7 Å². The van der Waals surface area contributed by atoms with E-state index < -0.39 is 83.8 Å². The van der Waals surface area contributed by atoms with Crippen molar-refractivity contribution >= 4 is 50.5 Å². The molecule has 0 unspecified atom stereocenters. The minimum absolute atomic E-state index is 0. The second-order valence-corrected chi connectivity index (χ2v) is 15.2. The van der Waals surface area contributed by atoms with Crippen molar-refractivity contribution in [2.75, 3.05) is 0 Å². The number of benzene rings is 5. The number of rotatable bonds is 9. The Morgan fingerprint density at radius 1 is 0.586 bits per heavy atom. The van der Waals surface area contributed by atoms with E-state index in [2.05, 4.69) is 0 Å². The van der Waals surface area contributed by atoms with Gasteiger partial charge >= 0.3 is 30.1 Å². The molecule has 0 bridgehead atoms. The number of Topliss-reactive ketones (excluding diaryl/α,β-unsaturated/α-hetero) is 1. The van der Waals surface area contributed by atoms with Gasteiger partial charge in [-0.1, -0.05) is 121 Å². The predicted molar refractivity (Wildman–Crippen MR) is 189 cm³/mol. The standard InChI is InChI=1S/C21H11F12NO3.C18H15OP.Eu/c22-17(23,19(27,28)20(29,30)21(31,32)33)7-8-34-13-10-4-2-1-3-9(10)5-6-11(13)14(35)12(16(34)37)15(36)18(24,25)26;19-20(16-10-4-1-5-11-16,17-12-6-2-7-13-17)18-14-8-3-9-15-18;/h1-6,35H,7-8H2;1-15H;. The van der Waals surface area contributed by atoms with Crippen molar-refractivity contribution in [1.82, 2.24) is 4.57 Å². The van der Waals surface area contributed by atoms with Crippen LogP contribution in [0.3, 0.4) is 0 Å². The van der Waals surface area contributed by atoms with E-state index in [4.69, 9.17) is 0 Å². The molecule has 0 saturated carbocycles. The zero-order valence-corrected chi connectivity index (χ0v) is 32.3. The third-order valence-electron chi connectivity index (χ3n) is 8.82. The van der Waals surface area contributed by atoms with Gasteiger partial charge in [-0.15, -0.1) is 0 Å². The van der Waals surface area contributed by atoms with Crippen LogP contribution in [0.15, 0.2) is 132 Å². The number of aromatic nitrogens is 1. The van der Waals surface area contributed by atoms with Crippen LogP contribution in [0.25, 0.3) is 21.7 Å². The first kappa shape index (κ1) is 46.7. The van der Waals surface area contributed by atoms with Gasteiger partial charge in [-0.3, -0.25) is 9.59 Å². The molecule has 1 aromatic heterocycles. The zero-order chi connectivity index (χ0) is 42.2. The maximum absolute atomic E-state index is 14.1. The Kier molecular flexibility index (Phi) is 13.9. The molecule has 1 heterocycles. The molecule has 0 saturated heterocycles. The second-order valence-electron chi connectivity index (χ2n) is 12.4. The molecule has 5 aromatic carbocycles. The number of alkyl halides is 12. The first-order valence-electron chi connectivity index (χ1n) is 16.3. The topological polar surface area (TPSA) is 76.4 Å². The van der Waals surface area contributed by atoms with Crippen molar-refractivity contribution in [1.29, 1.82) is 0 Å². The van der Waals surface area contributed by atoms with Crippen LogP contribution in [0.1, 0.15) is 16.8 Å². The van der Waals surface area contributed by atoms with Crippen molar-refractivity contribution in [2.45, 2.75) is 43.1 Å². The summed E-state index contributed by atoms with van der Waals surface area (Å²) in [6.45, 7) is -1.85. The molecule has 6 rings (SSSR count). The van der Waals surface area contributed by atoms with Crippen LogP contribution < -0.4 is 21.5 Å². The summed E-state index contributed by atoms with van der Waals surface area (Å²) in [4.78, 5) is 24.6. The molecule has 307 valence electrons. The molecular weight excluding hydrogens is 957 g/mol. The Labute approximate surface area is 361 Å². The summed E-state index contributed by atoms with van der Waals surface area (Å²) in [6, 6.07) is 36.3. The monoisotopic (exact) mass is 984 g/mol. The number of pyridine rings is 1. The average molecular weight is 984 g/mol. The summed E-state index contributed by atoms with van der Waals surface area (Å²) >= 11 is 0. The fourth-order valence-electron chi connectivity index (χ4n) is 5.95. The number of aryl methyl sites for hydroxylation is 1. The van der Waals surface area contributed by atoms with E-state index in [9.17, 15) is 71.9 Å². The largest absolute Gasteiger partial charge is 0.506 e. The maximum atomic E-state index is 14.1. The van der Waals surface area contributed by atoms with Gasteiger partial charge < -0.3 is 14.2 Å². The first-order valence-corrected chi connectivity index (χ1v) is 18.0. The number of hydrogen-bond acceptors (Lipinski definition) is 4. The molecule has 0 aliphatic carbocycles. The SMILES string of the molecule is O=C(c1c(O)c2ccc3ccccc3c2n(CCC(F)(F)C(F)(F)C(F)(F)C(F)(F)F)c1=O)C(F)(F)F.O=P(c1ccccc1)(c1ccccc1)c1ccccc1.[Eu]. The zero-order valence-electron chi connectivity index (χ0n) is 29.0. The third-order valence-corrected chi connectivity index (χ3v) is 11.9. The molecule has 0 atom stereocenters. The van der Waals surface area contributed by atoms with E-state index >= 15 is 0 Å². The van der Waals surface area contributed by atoms with Crippen molar-refractivity contribution in [2.24, 2.45) is 0 Å². The molecule has 1 radical (unpaired) electrons. The van der Waals surface area contributed by atoms with Crippen LogP contribution in [-0.2, 0) is 11.1 Å². The van der Waals surface area contributed by atoms with Crippen LogP contribution >= 0.6 is 7.14 Å². The second kappa shape index (κ2) is 17.3. The molecule has 58 heavy (non-hydrogen) atoms. The number of carbonyl (C=O) groups excluding carboxylic acids is 1. The van der Waals surface area contributed by atoms with E-state index in [1.165, 1.54) is 24.3 Å². The van der Waals surface area contributed by atoms with Crippen molar-refractivity contribution in [3.63, 3.8) is 0 Å². The molecule has 1 N–H and O–H groups in total. The number of carbonyl (C=O) groups is 1. The summed E-state index contributed by atoms with van der Waals surface area (Å²) in [6.07, 6.45) is -15.5. The number of fused-ring (bicyclic) bond motifs is 3. The van der Waals surface area contributed by atoms with E-state index in [-0.39, 0.29) is 64.7 Å². The van der Waals surface area contributed by atoms with Crippen LogP contribution in [0, 0.1) is 49.4 Å². The van der Waals surface area contributed by atoms with Gasteiger partial charge in [0.1, 0.15) is 11.3 Å². The van der Waals surface area contributed by atoms with E-state index in [1.54, 1.807) is 0 Å². The summed E-state index contributed by atoms with van der Waals surface area (Å²) in [5.41, 5.74) is -4.78. The minimum atomic E-state index is -7.23. The molecule has 19 heteroatoms. The predicted octanol–water partition coefficient (Wildman–Crippen LogP) is 9.79. The van der Waals surface area contributed by atoms with Gasteiger partial charge in [-0.25, -0.2) is 0 Å². The normalized spacial score (nSPS) is 12.8. The number of aromatic hydroxyl groups is 1. The Morgan fingerprint density at radius 3 is 1.45 bits per heavy atom. The summed E-state index contributed by atoms with van der Waals surface area (Å²) in [5, 5.41) is 12.2. The smallest absolute Gasteiger partial charge is 0.460 e. The molecule has 0 aliphatic heterocycles. The van der Waals surface area contributed by atoms with Crippen molar-refractivity contribution in [3.8, 4) is 5.75 Å². The number of ketones is 1. The van der Waals surface area contributed by atoms with E-state index in [1.807, 2.05) is 91.0 Å². The molecule has 5 nitrogen and oxygen atoms in total. The molecule has 0 aliphatic rings. The molecule has 6 aromatic rings. The van der Waals surface area contributed by atoms with Crippen LogP contribution in [0.2, 0.25) is 0 Å². The van der Waals surface area contributed by atoms with Crippen molar-refractivity contribution < 1.29 is 117 Å². The summed E-state index contributed by atoms with van der Waals surface area (Å²) in [7, 11) is -2.78. The number of halogens is 12. The van der Waals surface area contributed by atoms with Gasteiger partial charge in [0.15, 0.2) is 7.14 Å². The molecule has 0 fully saturated rings. The van der Waals surface area contributed by atoms with Gasteiger partial charge in [0.05, 0.1) is 5.52 Å². The maximum Gasteiger partial charge on any atom is 0.460 e. The van der Waals surface area contributed by atoms with Crippen LogP contribution in [-0.4, -0.2) is 45.6 Å². The third kappa shape index (κ3) is 8.66. The molecule has 0 spiro atoms. The molecular formula is C39H26EuF12NO4P. The Morgan fingerprint density at radius 2 is 1.02 bits per heavy atom. The number of hydrogen-bond donors (Lipinski definition) is 1. The van der Waals surface area contributed by atoms with E-state index in [0.717, 1.165) is 28.0 Å². The van der Waals surface area contributed by atoms with Gasteiger partial charge in [0.2, 0.25) is 0 Å². The Balaban J connectivity index is 0.000000297. The molecule has 0 amide bonds. The first-order chi connectivity index (χ1) is 26.5. The quantitative estimate of drug-likeness (QED) is 0.0678. The van der Waals surface area contributed by atoms with Crippen LogP contribution in [0.5, 0.6) is 5.75 Å². The Bertz CT molecular complexity index is 2410. The Hall–Kier alpha value is -3.99.